The highest BCUT2D eigenvalue weighted by atomic mass is 35.5. The molecule has 0 N–H and O–H groups in total. The summed E-state index contributed by atoms with van der Waals surface area (Å²) in [7, 11) is 1.78. The first-order chi connectivity index (χ1) is 7.95. The summed E-state index contributed by atoms with van der Waals surface area (Å²) in [5, 5.41) is 0.413. The lowest BCUT2D eigenvalue weighted by Gasteiger charge is -2.40. The summed E-state index contributed by atoms with van der Waals surface area (Å²) in [5.74, 6) is 1.58. The van der Waals surface area contributed by atoms with Crippen LogP contribution in [0, 0.1) is 17.3 Å². The van der Waals surface area contributed by atoms with Crippen molar-refractivity contribution in [3.05, 3.63) is 0 Å². The van der Waals surface area contributed by atoms with Gasteiger partial charge in [-0.3, -0.25) is 0 Å². The lowest BCUT2D eigenvalue weighted by molar-refractivity contribution is 0.135. The molecular weight excluding hydrogens is 232 g/mol. The van der Waals surface area contributed by atoms with Crippen molar-refractivity contribution in [3.8, 4) is 0 Å². The van der Waals surface area contributed by atoms with Crippen LogP contribution in [0.2, 0.25) is 0 Å². The molecule has 1 saturated carbocycles. The van der Waals surface area contributed by atoms with E-state index in [-0.39, 0.29) is 0 Å². The Balaban J connectivity index is 2.36. The van der Waals surface area contributed by atoms with E-state index in [2.05, 4.69) is 20.8 Å². The van der Waals surface area contributed by atoms with Gasteiger partial charge in [-0.25, -0.2) is 0 Å². The fourth-order valence-electron chi connectivity index (χ4n) is 2.97. The smallest absolute Gasteiger partial charge is 0.0462 e. The zero-order chi connectivity index (χ0) is 12.9. The minimum atomic E-state index is 0.413. The van der Waals surface area contributed by atoms with Gasteiger partial charge in [0.05, 0.1) is 0 Å². The predicted octanol–water partition coefficient (Wildman–Crippen LogP) is 4.87. The van der Waals surface area contributed by atoms with E-state index < -0.39 is 0 Å². The average Bonchev–Trinajstić information content (AvgIpc) is 2.25. The van der Waals surface area contributed by atoms with Crippen molar-refractivity contribution in [1.82, 2.24) is 0 Å². The zero-order valence-corrected chi connectivity index (χ0v) is 12.7. The van der Waals surface area contributed by atoms with Gasteiger partial charge in [-0.15, -0.1) is 11.6 Å². The van der Waals surface area contributed by atoms with Gasteiger partial charge in [0.1, 0.15) is 0 Å². The molecule has 0 aromatic carbocycles. The van der Waals surface area contributed by atoms with Gasteiger partial charge in [0.15, 0.2) is 0 Å². The molecule has 0 bridgehead atoms. The maximum atomic E-state index is 6.48. The van der Waals surface area contributed by atoms with Crippen molar-refractivity contribution in [3.63, 3.8) is 0 Å². The summed E-state index contributed by atoms with van der Waals surface area (Å²) in [4.78, 5) is 0. The maximum absolute atomic E-state index is 6.48. The van der Waals surface area contributed by atoms with Crippen LogP contribution in [0.25, 0.3) is 0 Å². The molecule has 0 spiro atoms. The van der Waals surface area contributed by atoms with E-state index >= 15 is 0 Å². The van der Waals surface area contributed by atoms with E-state index in [0.29, 0.717) is 10.8 Å². The molecule has 1 fully saturated rings. The second kappa shape index (κ2) is 6.99. The fourth-order valence-corrected chi connectivity index (χ4v) is 3.32. The highest BCUT2D eigenvalue weighted by Crippen LogP contribution is 2.43. The molecule has 1 aliphatic carbocycles. The second-order valence-electron chi connectivity index (χ2n) is 6.64. The van der Waals surface area contributed by atoms with Gasteiger partial charge in [0, 0.05) is 19.1 Å². The van der Waals surface area contributed by atoms with Crippen LogP contribution in [0.5, 0.6) is 0 Å². The number of unbranched alkanes of at least 4 members (excludes halogenated alkanes) is 1. The van der Waals surface area contributed by atoms with Crippen molar-refractivity contribution in [2.75, 3.05) is 13.7 Å². The lowest BCUT2D eigenvalue weighted by atomic mass is 9.68. The van der Waals surface area contributed by atoms with Crippen molar-refractivity contribution < 1.29 is 4.74 Å². The van der Waals surface area contributed by atoms with Gasteiger partial charge in [-0.1, -0.05) is 27.2 Å². The molecule has 0 aromatic heterocycles. The molecule has 3 unspecified atom stereocenters. The Hall–Kier alpha value is 0.250. The van der Waals surface area contributed by atoms with E-state index in [4.69, 9.17) is 16.3 Å². The number of methoxy groups -OCH3 is 1. The van der Waals surface area contributed by atoms with Gasteiger partial charge in [-0.05, 0) is 49.4 Å². The van der Waals surface area contributed by atoms with Gasteiger partial charge in [-0.2, -0.15) is 0 Å². The minimum absolute atomic E-state index is 0.413. The normalized spacial score (nSPS) is 30.5. The molecule has 1 nitrogen and oxygen atoms in total. The molecule has 0 aliphatic heterocycles. The number of hydrogen-bond acceptors (Lipinski definition) is 1. The first-order valence-corrected chi connectivity index (χ1v) is 7.51. The summed E-state index contributed by atoms with van der Waals surface area (Å²) < 4.78 is 5.10. The monoisotopic (exact) mass is 260 g/mol. The zero-order valence-electron chi connectivity index (χ0n) is 12.0. The van der Waals surface area contributed by atoms with Crippen molar-refractivity contribution in [2.24, 2.45) is 17.3 Å². The number of halogens is 1. The minimum Gasteiger partial charge on any atom is -0.385 e. The second-order valence-corrected chi connectivity index (χ2v) is 7.20. The summed E-state index contributed by atoms with van der Waals surface area (Å²) in [6.07, 6.45) is 7.56. The molecule has 0 aromatic rings. The topological polar surface area (TPSA) is 9.23 Å². The van der Waals surface area contributed by atoms with Gasteiger partial charge < -0.3 is 4.74 Å². The van der Waals surface area contributed by atoms with Crippen LogP contribution < -0.4 is 0 Å². The number of ether oxygens (including phenoxy) is 1. The van der Waals surface area contributed by atoms with Crippen LogP contribution >= 0.6 is 11.6 Å². The number of hydrogen-bond donors (Lipinski definition) is 0. The van der Waals surface area contributed by atoms with Gasteiger partial charge in [0.2, 0.25) is 0 Å². The molecule has 17 heavy (non-hydrogen) atoms. The summed E-state index contributed by atoms with van der Waals surface area (Å²) in [6.45, 7) is 8.00. The number of alkyl halides is 1. The Morgan fingerprint density at radius 2 is 1.88 bits per heavy atom. The lowest BCUT2D eigenvalue weighted by Crippen LogP contribution is -2.32. The summed E-state index contributed by atoms with van der Waals surface area (Å²) in [5.41, 5.74) is 0.446. The van der Waals surface area contributed by atoms with Gasteiger partial charge >= 0.3 is 0 Å². The molecule has 1 aliphatic rings. The molecule has 3 atom stereocenters. The predicted molar refractivity (Wildman–Crippen MR) is 75.7 cm³/mol. The largest absolute Gasteiger partial charge is 0.385 e. The molecule has 2 heteroatoms. The summed E-state index contributed by atoms with van der Waals surface area (Å²) in [6, 6.07) is 0. The Labute approximate surface area is 112 Å². The third kappa shape index (κ3) is 5.18. The van der Waals surface area contributed by atoms with Crippen molar-refractivity contribution in [1.29, 1.82) is 0 Å². The fraction of sp³-hybridized carbons (Fsp3) is 1.00. The van der Waals surface area contributed by atoms with Crippen molar-refractivity contribution in [2.45, 2.75) is 64.7 Å². The standard InChI is InChI=1S/C15H29ClO/c1-15(2,3)13-8-9-14(16)12(11-13)7-5-6-10-17-4/h12-14H,5-11H2,1-4H3. The highest BCUT2D eigenvalue weighted by molar-refractivity contribution is 6.20. The third-order valence-electron chi connectivity index (χ3n) is 4.29. The van der Waals surface area contributed by atoms with Crippen LogP contribution in [0.3, 0.4) is 0 Å². The van der Waals surface area contributed by atoms with Crippen molar-refractivity contribution >= 4 is 11.6 Å². The van der Waals surface area contributed by atoms with Crippen LogP contribution in [0.4, 0.5) is 0 Å². The Kier molecular flexibility index (Phi) is 6.30. The Morgan fingerprint density at radius 3 is 2.47 bits per heavy atom. The van der Waals surface area contributed by atoms with Crippen LogP contribution in [-0.2, 0) is 4.74 Å². The third-order valence-corrected chi connectivity index (χ3v) is 4.86. The van der Waals surface area contributed by atoms with E-state index in [0.717, 1.165) is 18.4 Å². The van der Waals surface area contributed by atoms with Crippen LogP contribution in [0.1, 0.15) is 59.3 Å². The molecule has 1 rings (SSSR count). The SMILES string of the molecule is COCCCCC1CC(C(C)(C)C)CCC1Cl. The molecule has 0 heterocycles. The quantitative estimate of drug-likeness (QED) is 0.506. The molecule has 0 amide bonds. The first kappa shape index (κ1) is 15.3. The Morgan fingerprint density at radius 1 is 1.18 bits per heavy atom. The molecule has 0 radical (unpaired) electrons. The molecule has 0 saturated heterocycles. The summed E-state index contributed by atoms with van der Waals surface area (Å²) >= 11 is 6.48. The maximum Gasteiger partial charge on any atom is 0.0462 e. The average molecular weight is 261 g/mol. The van der Waals surface area contributed by atoms with Crippen LogP contribution in [0.15, 0.2) is 0 Å². The molecule has 102 valence electrons. The van der Waals surface area contributed by atoms with E-state index in [1.807, 2.05) is 0 Å². The van der Waals surface area contributed by atoms with E-state index in [1.165, 1.54) is 38.5 Å². The van der Waals surface area contributed by atoms with E-state index in [9.17, 15) is 0 Å². The first-order valence-electron chi connectivity index (χ1n) is 7.08. The highest BCUT2D eigenvalue weighted by Gasteiger charge is 2.34. The van der Waals surface area contributed by atoms with Gasteiger partial charge in [0.25, 0.3) is 0 Å². The number of rotatable bonds is 5. The molecular formula is C15H29ClO. The van der Waals surface area contributed by atoms with E-state index in [1.54, 1.807) is 7.11 Å². The van der Waals surface area contributed by atoms with Crippen LogP contribution in [-0.4, -0.2) is 19.1 Å². The Bertz CT molecular complexity index is 209.